The second-order valence-corrected chi connectivity index (χ2v) is 6.57. The van der Waals surface area contributed by atoms with Gasteiger partial charge in [-0.25, -0.2) is 9.07 Å². The van der Waals surface area contributed by atoms with Crippen LogP contribution in [0, 0.1) is 15.9 Å². The van der Waals surface area contributed by atoms with E-state index in [1.807, 2.05) is 6.92 Å². The molecule has 8 nitrogen and oxygen atoms in total. The predicted molar refractivity (Wildman–Crippen MR) is 98.2 cm³/mol. The average Bonchev–Trinajstić information content (AvgIpc) is 2.98. The Hall–Kier alpha value is -2.97. The molecule has 1 amide bonds. The molecular formula is C18H22FN5O3. The summed E-state index contributed by atoms with van der Waals surface area (Å²) < 4.78 is 15.3. The molecule has 1 aromatic carbocycles. The van der Waals surface area contributed by atoms with Gasteiger partial charge >= 0.3 is 5.69 Å². The fourth-order valence-electron chi connectivity index (χ4n) is 3.39. The summed E-state index contributed by atoms with van der Waals surface area (Å²) in [6.07, 6.45) is 1.70. The highest BCUT2D eigenvalue weighted by Crippen LogP contribution is 2.30. The number of carbonyl (C=O) groups excluding carboxylic acids is 1. The normalized spacial score (nSPS) is 15.0. The van der Waals surface area contributed by atoms with Crippen molar-refractivity contribution in [3.63, 3.8) is 0 Å². The fraction of sp³-hybridized carbons (Fsp3) is 0.444. The number of hydrogen-bond donors (Lipinski definition) is 1. The molecule has 0 spiro atoms. The SMILES string of the molecule is CCc1nn(C)c(NC2CCN(C(=O)c3ccccc3F)CC2)c1[N+](=O)[O-]. The lowest BCUT2D eigenvalue weighted by Crippen LogP contribution is -2.42. The Kier molecular flexibility index (Phi) is 5.38. The highest BCUT2D eigenvalue weighted by atomic mass is 19.1. The van der Waals surface area contributed by atoms with Crippen LogP contribution in [0.3, 0.4) is 0 Å². The number of amides is 1. The number of halogens is 1. The number of aryl methyl sites for hydroxylation is 2. The standard InChI is InChI=1S/C18H22FN5O3/c1-3-15-16(24(26)27)17(22(2)21-15)20-12-8-10-23(11-9-12)18(25)13-6-4-5-7-14(13)19/h4-7,12,20H,3,8-11H2,1-2H3. The lowest BCUT2D eigenvalue weighted by atomic mass is 10.0. The molecular weight excluding hydrogens is 353 g/mol. The van der Waals surface area contributed by atoms with Crippen LogP contribution in [-0.2, 0) is 13.5 Å². The molecule has 9 heteroatoms. The van der Waals surface area contributed by atoms with Crippen LogP contribution >= 0.6 is 0 Å². The monoisotopic (exact) mass is 375 g/mol. The first-order valence-corrected chi connectivity index (χ1v) is 8.93. The van der Waals surface area contributed by atoms with Crippen molar-refractivity contribution < 1.29 is 14.1 Å². The van der Waals surface area contributed by atoms with E-state index in [1.165, 1.54) is 16.8 Å². The summed E-state index contributed by atoms with van der Waals surface area (Å²) >= 11 is 0. The van der Waals surface area contributed by atoms with E-state index in [2.05, 4.69) is 10.4 Å². The minimum atomic E-state index is -0.527. The maximum absolute atomic E-state index is 13.8. The van der Waals surface area contributed by atoms with Crippen LogP contribution in [0.5, 0.6) is 0 Å². The number of nitrogens with zero attached hydrogens (tertiary/aromatic N) is 4. The maximum atomic E-state index is 13.8. The van der Waals surface area contributed by atoms with Gasteiger partial charge in [0.25, 0.3) is 5.91 Å². The van der Waals surface area contributed by atoms with Crippen LogP contribution in [0.25, 0.3) is 0 Å². The number of aromatic nitrogens is 2. The smallest absolute Gasteiger partial charge is 0.333 e. The lowest BCUT2D eigenvalue weighted by molar-refractivity contribution is -0.384. The van der Waals surface area contributed by atoms with Crippen molar-refractivity contribution >= 4 is 17.4 Å². The zero-order chi connectivity index (χ0) is 19.6. The van der Waals surface area contributed by atoms with E-state index < -0.39 is 10.7 Å². The van der Waals surface area contributed by atoms with Crippen LogP contribution in [0.2, 0.25) is 0 Å². The molecule has 144 valence electrons. The van der Waals surface area contributed by atoms with Gasteiger partial charge in [-0.3, -0.25) is 14.9 Å². The average molecular weight is 375 g/mol. The molecule has 0 aliphatic carbocycles. The first-order chi connectivity index (χ1) is 12.9. The van der Waals surface area contributed by atoms with Gasteiger partial charge in [0.15, 0.2) is 0 Å². The van der Waals surface area contributed by atoms with Crippen molar-refractivity contribution in [3.8, 4) is 0 Å². The number of carbonyl (C=O) groups is 1. The molecule has 1 aliphatic rings. The molecule has 3 rings (SSSR count). The number of likely N-dealkylation sites (tertiary alicyclic amines) is 1. The summed E-state index contributed by atoms with van der Waals surface area (Å²) in [5.74, 6) is -0.470. The number of nitrogens with one attached hydrogen (secondary N) is 1. The Labute approximate surface area is 156 Å². The second kappa shape index (κ2) is 7.73. The Bertz CT molecular complexity index is 859. The largest absolute Gasteiger partial charge is 0.362 e. The minimum Gasteiger partial charge on any atom is -0.362 e. The molecule has 27 heavy (non-hydrogen) atoms. The van der Waals surface area contributed by atoms with Gasteiger partial charge < -0.3 is 10.2 Å². The second-order valence-electron chi connectivity index (χ2n) is 6.57. The lowest BCUT2D eigenvalue weighted by Gasteiger charge is -2.32. The summed E-state index contributed by atoms with van der Waals surface area (Å²) in [6.45, 7) is 2.74. The molecule has 1 saturated heterocycles. The highest BCUT2D eigenvalue weighted by Gasteiger charge is 2.30. The van der Waals surface area contributed by atoms with E-state index >= 15 is 0 Å². The molecule has 2 aromatic rings. The van der Waals surface area contributed by atoms with Crippen molar-refractivity contribution in [1.82, 2.24) is 14.7 Å². The first kappa shape index (κ1) is 18.8. The van der Waals surface area contributed by atoms with Crippen LogP contribution in [0.1, 0.15) is 35.8 Å². The number of benzene rings is 1. The van der Waals surface area contributed by atoms with Crippen molar-refractivity contribution in [2.24, 2.45) is 7.05 Å². The molecule has 0 bridgehead atoms. The third kappa shape index (κ3) is 3.76. The summed E-state index contributed by atoms with van der Waals surface area (Å²) in [5, 5.41) is 18.8. The molecule has 0 atom stereocenters. The summed E-state index contributed by atoms with van der Waals surface area (Å²) in [7, 11) is 1.67. The Morgan fingerprint density at radius 3 is 2.63 bits per heavy atom. The first-order valence-electron chi connectivity index (χ1n) is 8.93. The molecule has 0 unspecified atom stereocenters. The van der Waals surface area contributed by atoms with Crippen molar-refractivity contribution in [2.45, 2.75) is 32.2 Å². The number of nitro groups is 1. The van der Waals surface area contributed by atoms with Gasteiger partial charge in [-0.05, 0) is 31.4 Å². The summed E-state index contributed by atoms with van der Waals surface area (Å²) in [5.41, 5.74) is 0.515. The van der Waals surface area contributed by atoms with Crippen LogP contribution in [-0.4, -0.2) is 44.6 Å². The number of rotatable bonds is 5. The third-order valence-electron chi connectivity index (χ3n) is 4.84. The van der Waals surface area contributed by atoms with Gasteiger partial charge in [-0.1, -0.05) is 19.1 Å². The molecule has 0 saturated carbocycles. The number of anilines is 1. The number of piperidine rings is 1. The Balaban J connectivity index is 1.67. The third-order valence-corrected chi connectivity index (χ3v) is 4.84. The predicted octanol–water partition coefficient (Wildman–Crippen LogP) is 2.75. The van der Waals surface area contributed by atoms with Crippen molar-refractivity contribution in [2.75, 3.05) is 18.4 Å². The maximum Gasteiger partial charge on any atom is 0.333 e. The van der Waals surface area contributed by atoms with Crippen molar-refractivity contribution in [3.05, 3.63) is 51.5 Å². The van der Waals surface area contributed by atoms with Gasteiger partial charge in [0.1, 0.15) is 11.5 Å². The summed E-state index contributed by atoms with van der Waals surface area (Å²) in [6, 6.07) is 5.92. The zero-order valence-electron chi connectivity index (χ0n) is 15.3. The molecule has 1 N–H and O–H groups in total. The van der Waals surface area contributed by atoms with E-state index in [0.29, 0.717) is 43.9 Å². The quantitative estimate of drug-likeness (QED) is 0.641. The molecule has 0 radical (unpaired) electrons. The van der Waals surface area contributed by atoms with E-state index in [0.717, 1.165) is 0 Å². The molecule has 2 heterocycles. The van der Waals surface area contributed by atoms with Crippen LogP contribution < -0.4 is 5.32 Å². The Morgan fingerprint density at radius 2 is 2.04 bits per heavy atom. The van der Waals surface area contributed by atoms with E-state index in [4.69, 9.17) is 0 Å². The molecule has 1 aliphatic heterocycles. The Morgan fingerprint density at radius 1 is 1.37 bits per heavy atom. The van der Waals surface area contributed by atoms with Gasteiger partial charge in [-0.15, -0.1) is 0 Å². The number of hydrogen-bond acceptors (Lipinski definition) is 5. The van der Waals surface area contributed by atoms with E-state index in [9.17, 15) is 19.3 Å². The van der Waals surface area contributed by atoms with Gasteiger partial charge in [-0.2, -0.15) is 5.10 Å². The van der Waals surface area contributed by atoms with Gasteiger partial charge in [0.2, 0.25) is 5.82 Å². The van der Waals surface area contributed by atoms with E-state index in [-0.39, 0.29) is 23.2 Å². The molecule has 1 aromatic heterocycles. The van der Waals surface area contributed by atoms with Gasteiger partial charge in [0.05, 0.1) is 10.5 Å². The minimum absolute atomic E-state index is 0.00450. The van der Waals surface area contributed by atoms with Crippen LogP contribution in [0.15, 0.2) is 24.3 Å². The summed E-state index contributed by atoms with van der Waals surface area (Å²) in [4.78, 5) is 25.1. The van der Waals surface area contributed by atoms with Crippen molar-refractivity contribution in [1.29, 1.82) is 0 Å². The van der Waals surface area contributed by atoms with Gasteiger partial charge in [0, 0.05) is 26.2 Å². The zero-order valence-corrected chi connectivity index (χ0v) is 15.3. The fourth-order valence-corrected chi connectivity index (χ4v) is 3.39. The topological polar surface area (TPSA) is 93.3 Å². The van der Waals surface area contributed by atoms with Crippen LogP contribution in [0.4, 0.5) is 15.9 Å². The highest BCUT2D eigenvalue weighted by molar-refractivity contribution is 5.94. The molecule has 1 fully saturated rings. The van der Waals surface area contributed by atoms with E-state index in [1.54, 1.807) is 24.1 Å².